The van der Waals surface area contributed by atoms with E-state index in [2.05, 4.69) is 4.72 Å². The van der Waals surface area contributed by atoms with E-state index >= 15 is 0 Å². The molecule has 0 aliphatic carbocycles. The Labute approximate surface area is 139 Å². The third-order valence-electron chi connectivity index (χ3n) is 3.77. The Morgan fingerprint density at radius 3 is 2.33 bits per heavy atom. The van der Waals surface area contributed by atoms with Gasteiger partial charge >= 0.3 is 5.97 Å². The highest BCUT2D eigenvalue weighted by Gasteiger charge is 2.21. The second kappa shape index (κ2) is 5.98. The molecule has 0 unspecified atom stereocenters. The Morgan fingerprint density at radius 1 is 0.958 bits per heavy atom. The fourth-order valence-corrected chi connectivity index (χ4v) is 3.96. The molecule has 3 aromatic carbocycles. The summed E-state index contributed by atoms with van der Waals surface area (Å²) in [5.74, 6) is -1.19. The lowest BCUT2D eigenvalue weighted by molar-refractivity contribution is 0.0700. The van der Waals surface area contributed by atoms with Crippen LogP contribution in [0, 0.1) is 6.92 Å². The molecule has 0 atom stereocenters. The van der Waals surface area contributed by atoms with Crippen molar-refractivity contribution >= 4 is 32.5 Å². The molecule has 6 heteroatoms. The molecule has 0 heterocycles. The summed E-state index contributed by atoms with van der Waals surface area (Å²) >= 11 is 0. The molecule has 122 valence electrons. The molecule has 0 bridgehead atoms. The summed E-state index contributed by atoms with van der Waals surface area (Å²) in [5, 5.41) is 10.8. The van der Waals surface area contributed by atoms with E-state index in [4.69, 9.17) is 0 Å². The van der Waals surface area contributed by atoms with Crippen LogP contribution in [0.1, 0.15) is 15.9 Å². The number of nitrogens with one attached hydrogen (secondary N) is 1. The first-order valence-electron chi connectivity index (χ1n) is 7.23. The largest absolute Gasteiger partial charge is 0.478 e. The lowest BCUT2D eigenvalue weighted by Gasteiger charge is -2.14. The van der Waals surface area contributed by atoms with Gasteiger partial charge in [-0.05, 0) is 35.4 Å². The van der Waals surface area contributed by atoms with Gasteiger partial charge in [0.05, 0.1) is 16.1 Å². The summed E-state index contributed by atoms with van der Waals surface area (Å²) < 4.78 is 27.7. The van der Waals surface area contributed by atoms with E-state index in [1.165, 1.54) is 12.1 Å². The molecule has 5 nitrogen and oxygen atoms in total. The monoisotopic (exact) mass is 341 g/mol. The van der Waals surface area contributed by atoms with Crippen LogP contribution in [-0.2, 0) is 10.0 Å². The molecule has 0 aliphatic heterocycles. The molecule has 0 aromatic heterocycles. The minimum atomic E-state index is -3.88. The van der Waals surface area contributed by atoms with Crippen molar-refractivity contribution in [2.24, 2.45) is 0 Å². The number of anilines is 1. The van der Waals surface area contributed by atoms with Crippen molar-refractivity contribution in [2.45, 2.75) is 11.8 Å². The molecular weight excluding hydrogens is 326 g/mol. The van der Waals surface area contributed by atoms with E-state index in [9.17, 15) is 18.3 Å². The Kier molecular flexibility index (Phi) is 3.99. The summed E-state index contributed by atoms with van der Waals surface area (Å²) in [4.78, 5) is 11.8. The summed E-state index contributed by atoms with van der Waals surface area (Å²) in [5.41, 5.74) is 0.567. The molecule has 3 rings (SSSR count). The first kappa shape index (κ1) is 16.0. The maximum absolute atomic E-state index is 12.6. The van der Waals surface area contributed by atoms with Crippen molar-refractivity contribution in [2.75, 3.05) is 4.72 Å². The summed E-state index contributed by atoms with van der Waals surface area (Å²) in [7, 11) is -3.88. The predicted octanol–water partition coefficient (Wildman–Crippen LogP) is 3.65. The van der Waals surface area contributed by atoms with E-state index in [1.54, 1.807) is 55.5 Å². The Hall–Kier alpha value is -2.86. The SMILES string of the molecule is Cc1ccccc1S(=O)(=O)Nc1ccc2ccccc2c1C(=O)O. The molecule has 0 spiro atoms. The van der Waals surface area contributed by atoms with Gasteiger partial charge in [-0.15, -0.1) is 0 Å². The highest BCUT2D eigenvalue weighted by atomic mass is 32.2. The van der Waals surface area contributed by atoms with Crippen molar-refractivity contribution < 1.29 is 18.3 Å². The van der Waals surface area contributed by atoms with Gasteiger partial charge in [-0.1, -0.05) is 48.5 Å². The third-order valence-corrected chi connectivity index (χ3v) is 5.30. The van der Waals surface area contributed by atoms with Crippen LogP contribution in [0.3, 0.4) is 0 Å². The molecule has 0 saturated heterocycles. The highest BCUT2D eigenvalue weighted by Crippen LogP contribution is 2.28. The average molecular weight is 341 g/mol. The molecule has 2 N–H and O–H groups in total. The minimum absolute atomic E-state index is 0.0458. The van der Waals surface area contributed by atoms with Crippen LogP contribution in [0.25, 0.3) is 10.8 Å². The first-order chi connectivity index (χ1) is 11.4. The number of aryl methyl sites for hydroxylation is 1. The molecule has 0 radical (unpaired) electrons. The molecule has 24 heavy (non-hydrogen) atoms. The van der Waals surface area contributed by atoms with Crippen molar-refractivity contribution in [3.05, 3.63) is 71.8 Å². The summed E-state index contributed by atoms with van der Waals surface area (Å²) in [6, 6.07) is 16.7. The van der Waals surface area contributed by atoms with Crippen molar-refractivity contribution in [3.8, 4) is 0 Å². The predicted molar refractivity (Wildman–Crippen MR) is 92.9 cm³/mol. The lowest BCUT2D eigenvalue weighted by atomic mass is 10.0. The minimum Gasteiger partial charge on any atom is -0.478 e. The van der Waals surface area contributed by atoms with E-state index in [-0.39, 0.29) is 16.1 Å². The van der Waals surface area contributed by atoms with Crippen molar-refractivity contribution in [3.63, 3.8) is 0 Å². The quantitative estimate of drug-likeness (QED) is 0.759. The van der Waals surface area contributed by atoms with E-state index < -0.39 is 16.0 Å². The third kappa shape index (κ3) is 2.83. The standard InChI is InChI=1S/C18H15NO4S/c1-12-6-2-5-9-16(12)24(22,23)19-15-11-10-13-7-3-4-8-14(13)17(15)18(20)21/h2-11,19H,1H3,(H,20,21). The number of carbonyl (C=O) groups is 1. The zero-order valence-corrected chi connectivity index (χ0v) is 13.7. The number of carboxylic acid groups (broad SMARTS) is 1. The molecule has 0 amide bonds. The number of fused-ring (bicyclic) bond motifs is 1. The Bertz CT molecular complexity index is 1040. The molecular formula is C18H15NO4S. The maximum Gasteiger partial charge on any atom is 0.338 e. The van der Waals surface area contributed by atoms with E-state index in [1.807, 2.05) is 0 Å². The normalized spacial score (nSPS) is 11.4. The maximum atomic E-state index is 12.6. The number of rotatable bonds is 4. The first-order valence-corrected chi connectivity index (χ1v) is 8.72. The lowest BCUT2D eigenvalue weighted by Crippen LogP contribution is -2.16. The van der Waals surface area contributed by atoms with Crippen LogP contribution < -0.4 is 4.72 Å². The van der Waals surface area contributed by atoms with Gasteiger partial charge in [-0.3, -0.25) is 4.72 Å². The van der Waals surface area contributed by atoms with Gasteiger partial charge in [0, 0.05) is 0 Å². The second-order valence-corrected chi connectivity index (χ2v) is 7.04. The number of aromatic carboxylic acids is 1. The zero-order chi connectivity index (χ0) is 17.3. The van der Waals surface area contributed by atoms with Gasteiger partial charge < -0.3 is 5.11 Å². The fourth-order valence-electron chi connectivity index (χ4n) is 2.64. The fraction of sp³-hybridized carbons (Fsp3) is 0.0556. The highest BCUT2D eigenvalue weighted by molar-refractivity contribution is 7.92. The average Bonchev–Trinajstić information content (AvgIpc) is 2.54. The van der Waals surface area contributed by atoms with Crippen LogP contribution in [0.4, 0.5) is 5.69 Å². The number of sulfonamides is 1. The van der Waals surface area contributed by atoms with Gasteiger partial charge in [0.1, 0.15) is 0 Å². The van der Waals surface area contributed by atoms with Gasteiger partial charge in [-0.25, -0.2) is 13.2 Å². The molecule has 0 fully saturated rings. The van der Waals surface area contributed by atoms with Gasteiger partial charge in [0.15, 0.2) is 0 Å². The molecule has 3 aromatic rings. The van der Waals surface area contributed by atoms with Crippen LogP contribution >= 0.6 is 0 Å². The van der Waals surface area contributed by atoms with Crippen LogP contribution in [-0.4, -0.2) is 19.5 Å². The number of hydrogen-bond donors (Lipinski definition) is 2. The van der Waals surface area contributed by atoms with Crippen molar-refractivity contribution in [1.29, 1.82) is 0 Å². The van der Waals surface area contributed by atoms with Gasteiger partial charge in [0.2, 0.25) is 0 Å². The van der Waals surface area contributed by atoms with Crippen LogP contribution in [0.15, 0.2) is 65.6 Å². The summed E-state index contributed by atoms with van der Waals surface area (Å²) in [6.07, 6.45) is 0. The van der Waals surface area contributed by atoms with Crippen LogP contribution in [0.2, 0.25) is 0 Å². The van der Waals surface area contributed by atoms with Gasteiger partial charge in [0.25, 0.3) is 10.0 Å². The van der Waals surface area contributed by atoms with Crippen LogP contribution in [0.5, 0.6) is 0 Å². The zero-order valence-electron chi connectivity index (χ0n) is 12.9. The second-order valence-electron chi connectivity index (χ2n) is 5.39. The van der Waals surface area contributed by atoms with Gasteiger partial charge in [-0.2, -0.15) is 0 Å². The smallest absolute Gasteiger partial charge is 0.338 e. The number of carboxylic acids is 1. The number of hydrogen-bond acceptors (Lipinski definition) is 3. The van der Waals surface area contributed by atoms with E-state index in [0.29, 0.717) is 10.9 Å². The summed E-state index contributed by atoms with van der Waals surface area (Å²) in [6.45, 7) is 1.69. The topological polar surface area (TPSA) is 83.5 Å². The Morgan fingerprint density at radius 2 is 1.62 bits per heavy atom. The molecule has 0 aliphatic rings. The number of benzene rings is 3. The van der Waals surface area contributed by atoms with E-state index in [0.717, 1.165) is 5.39 Å². The molecule has 0 saturated carbocycles. The van der Waals surface area contributed by atoms with Crippen molar-refractivity contribution in [1.82, 2.24) is 0 Å². The Balaban J connectivity index is 2.15.